The predicted molar refractivity (Wildman–Crippen MR) is 114 cm³/mol. The molecule has 0 fully saturated rings. The van der Waals surface area contributed by atoms with Crippen molar-refractivity contribution in [3.05, 3.63) is 57.7 Å². The van der Waals surface area contributed by atoms with E-state index in [-0.39, 0.29) is 19.1 Å². The van der Waals surface area contributed by atoms with Crippen LogP contribution in [0.4, 0.5) is 0 Å². The molecule has 0 unspecified atom stereocenters. The first-order valence-electron chi connectivity index (χ1n) is 9.51. The predicted octanol–water partition coefficient (Wildman–Crippen LogP) is 3.14. The van der Waals surface area contributed by atoms with E-state index >= 15 is 0 Å². The lowest BCUT2D eigenvalue weighted by atomic mass is 10.1. The Kier molecular flexibility index (Phi) is 5.40. The van der Waals surface area contributed by atoms with Gasteiger partial charge in [-0.3, -0.25) is 4.79 Å². The highest BCUT2D eigenvalue weighted by Crippen LogP contribution is 2.45. The van der Waals surface area contributed by atoms with Crippen LogP contribution in [0.25, 0.3) is 16.9 Å². The zero-order valence-corrected chi connectivity index (χ0v) is 17.7. The molecule has 30 heavy (non-hydrogen) atoms. The lowest BCUT2D eigenvalue weighted by molar-refractivity contribution is 0.0938. The maximum atomic E-state index is 12.8. The first kappa shape index (κ1) is 20.3. The van der Waals surface area contributed by atoms with Crippen LogP contribution in [-0.2, 0) is 6.42 Å². The van der Waals surface area contributed by atoms with Crippen LogP contribution in [-0.4, -0.2) is 48.2 Å². The van der Waals surface area contributed by atoms with Gasteiger partial charge in [0.1, 0.15) is 0 Å². The third kappa shape index (κ3) is 3.30. The highest BCUT2D eigenvalue weighted by atomic mass is 35.5. The number of nitrogens with zero attached hydrogens (tertiary/aromatic N) is 2. The number of ether oxygens (including phenoxy) is 2. The maximum Gasteiger partial charge on any atom is 0.272 e. The van der Waals surface area contributed by atoms with Crippen molar-refractivity contribution in [2.45, 2.75) is 13.3 Å². The number of aromatic nitrogens is 2. The number of carbonyl (C=O) groups is 1. The summed E-state index contributed by atoms with van der Waals surface area (Å²) >= 11 is 6.36. The first-order chi connectivity index (χ1) is 14.5. The summed E-state index contributed by atoms with van der Waals surface area (Å²) in [6, 6.07) is 9.50. The Morgan fingerprint density at radius 2 is 1.97 bits per heavy atom. The number of nitrogens with one attached hydrogen (secondary N) is 1. The van der Waals surface area contributed by atoms with Crippen molar-refractivity contribution in [3.8, 4) is 28.4 Å². The number of methoxy groups -OCH3 is 2. The van der Waals surface area contributed by atoms with Gasteiger partial charge in [0.2, 0.25) is 0 Å². The smallest absolute Gasteiger partial charge is 0.272 e. The minimum Gasteiger partial charge on any atom is -0.493 e. The number of hydrogen-bond donors (Lipinski definition) is 2. The summed E-state index contributed by atoms with van der Waals surface area (Å²) in [7, 11) is 3.18. The molecule has 2 N–H and O–H groups in total. The molecule has 0 bridgehead atoms. The Morgan fingerprint density at radius 3 is 2.63 bits per heavy atom. The van der Waals surface area contributed by atoms with E-state index in [1.165, 1.54) is 0 Å². The molecule has 1 heterocycles. The summed E-state index contributed by atoms with van der Waals surface area (Å²) in [5, 5.41) is 17.0. The molecule has 0 saturated heterocycles. The van der Waals surface area contributed by atoms with Gasteiger partial charge < -0.3 is 19.9 Å². The molecule has 4 rings (SSSR count). The lowest BCUT2D eigenvalue weighted by Gasteiger charge is -2.13. The minimum atomic E-state index is -0.330. The van der Waals surface area contributed by atoms with Crippen LogP contribution >= 0.6 is 11.6 Å². The van der Waals surface area contributed by atoms with Crippen LogP contribution in [0.1, 0.15) is 27.2 Å². The fourth-order valence-electron chi connectivity index (χ4n) is 3.71. The fourth-order valence-corrected chi connectivity index (χ4v) is 3.88. The molecular formula is C22H22ClN3O4. The Morgan fingerprint density at radius 1 is 1.23 bits per heavy atom. The molecule has 1 aliphatic rings. The van der Waals surface area contributed by atoms with Crippen molar-refractivity contribution < 1.29 is 19.4 Å². The molecular weight excluding hydrogens is 406 g/mol. The Labute approximate surface area is 179 Å². The Hall–Kier alpha value is -3.03. The van der Waals surface area contributed by atoms with Gasteiger partial charge in [0.15, 0.2) is 17.2 Å². The number of amides is 1. The molecule has 1 aromatic heterocycles. The van der Waals surface area contributed by atoms with E-state index < -0.39 is 0 Å². The van der Waals surface area contributed by atoms with Gasteiger partial charge in [-0.05, 0) is 42.3 Å². The zero-order valence-electron chi connectivity index (χ0n) is 17.0. The van der Waals surface area contributed by atoms with Crippen LogP contribution in [0.3, 0.4) is 0 Å². The summed E-state index contributed by atoms with van der Waals surface area (Å²) < 4.78 is 12.7. The number of rotatable bonds is 6. The maximum absolute atomic E-state index is 12.8. The molecule has 0 atom stereocenters. The van der Waals surface area contributed by atoms with Crippen molar-refractivity contribution in [3.63, 3.8) is 0 Å². The Bertz CT molecular complexity index is 1140. The summed E-state index contributed by atoms with van der Waals surface area (Å²) in [5.74, 6) is 0.902. The van der Waals surface area contributed by atoms with E-state index in [1.54, 1.807) is 18.9 Å². The van der Waals surface area contributed by atoms with Gasteiger partial charge in [-0.15, -0.1) is 0 Å². The molecule has 8 heteroatoms. The van der Waals surface area contributed by atoms with Crippen molar-refractivity contribution in [1.29, 1.82) is 0 Å². The van der Waals surface area contributed by atoms with Gasteiger partial charge in [0.05, 0.1) is 32.2 Å². The number of aliphatic hydroxyl groups excluding tert-OH is 1. The minimum absolute atomic E-state index is 0.142. The van der Waals surface area contributed by atoms with Crippen molar-refractivity contribution in [1.82, 2.24) is 15.1 Å². The molecule has 0 saturated carbocycles. The molecule has 0 aliphatic heterocycles. The summed E-state index contributed by atoms with van der Waals surface area (Å²) in [5.41, 5.74) is 5.61. The molecule has 156 valence electrons. The molecule has 0 spiro atoms. The lowest BCUT2D eigenvalue weighted by Crippen LogP contribution is -2.27. The van der Waals surface area contributed by atoms with Crippen LogP contribution < -0.4 is 14.8 Å². The Balaban J connectivity index is 1.92. The number of carbonyl (C=O) groups excluding carboxylic acids is 1. The van der Waals surface area contributed by atoms with Crippen molar-refractivity contribution >= 4 is 17.5 Å². The normalized spacial score (nSPS) is 11.8. The molecule has 1 aliphatic carbocycles. The SMILES string of the molecule is COc1cc2c(cc1OC)-c1c(c(C(=O)NCCO)nn1-c1ccc(C)c(Cl)c1)C2. The second kappa shape index (κ2) is 8.01. The van der Waals surface area contributed by atoms with Crippen LogP contribution in [0.5, 0.6) is 11.5 Å². The summed E-state index contributed by atoms with van der Waals surface area (Å²) in [6.07, 6.45) is 0.534. The topological polar surface area (TPSA) is 85.6 Å². The number of benzene rings is 2. The largest absolute Gasteiger partial charge is 0.493 e. The van der Waals surface area contributed by atoms with Gasteiger partial charge in [-0.25, -0.2) is 4.68 Å². The third-order valence-electron chi connectivity index (χ3n) is 5.23. The van der Waals surface area contributed by atoms with Crippen molar-refractivity contribution in [2.75, 3.05) is 27.4 Å². The molecule has 0 radical (unpaired) electrons. The number of aliphatic hydroxyl groups is 1. The van der Waals surface area contributed by atoms with Gasteiger partial charge in [-0.1, -0.05) is 17.7 Å². The van der Waals surface area contributed by atoms with Crippen molar-refractivity contribution in [2.24, 2.45) is 0 Å². The van der Waals surface area contributed by atoms with E-state index in [4.69, 9.17) is 26.2 Å². The van der Waals surface area contributed by atoms with Crippen LogP contribution in [0.2, 0.25) is 5.02 Å². The van der Waals surface area contributed by atoms with Gasteiger partial charge in [0, 0.05) is 29.1 Å². The molecule has 2 aromatic carbocycles. The van der Waals surface area contributed by atoms with E-state index in [1.807, 2.05) is 37.3 Å². The fraction of sp³-hybridized carbons (Fsp3) is 0.273. The van der Waals surface area contributed by atoms with Gasteiger partial charge in [-0.2, -0.15) is 5.10 Å². The zero-order chi connectivity index (χ0) is 21.4. The van der Waals surface area contributed by atoms with Gasteiger partial charge >= 0.3 is 0 Å². The number of aryl methyl sites for hydroxylation is 1. The highest BCUT2D eigenvalue weighted by molar-refractivity contribution is 6.31. The number of halogens is 1. The number of hydrogen-bond acceptors (Lipinski definition) is 5. The van der Waals surface area contributed by atoms with Crippen LogP contribution in [0, 0.1) is 6.92 Å². The van der Waals surface area contributed by atoms with E-state index in [2.05, 4.69) is 10.4 Å². The van der Waals surface area contributed by atoms with E-state index in [0.717, 1.165) is 33.6 Å². The monoisotopic (exact) mass is 427 g/mol. The number of fused-ring (bicyclic) bond motifs is 3. The second-order valence-corrected chi connectivity index (χ2v) is 7.45. The molecule has 3 aromatic rings. The summed E-state index contributed by atoms with van der Waals surface area (Å²) in [4.78, 5) is 12.8. The van der Waals surface area contributed by atoms with E-state index in [9.17, 15) is 4.79 Å². The third-order valence-corrected chi connectivity index (χ3v) is 5.63. The quantitative estimate of drug-likeness (QED) is 0.493. The first-order valence-corrected chi connectivity index (χ1v) is 9.89. The van der Waals surface area contributed by atoms with Gasteiger partial charge in [0.25, 0.3) is 5.91 Å². The average Bonchev–Trinajstić information content (AvgIpc) is 3.29. The standard InChI is InChI=1S/C22H22ClN3O4/c1-12-4-5-14(10-17(12)23)26-21-15-11-19(30-3)18(29-2)9-13(15)8-16(21)20(25-26)22(28)24-6-7-27/h4-5,9-11,27H,6-8H2,1-3H3,(H,24,28). The second-order valence-electron chi connectivity index (χ2n) is 7.04. The average molecular weight is 428 g/mol. The van der Waals surface area contributed by atoms with E-state index in [0.29, 0.717) is 28.6 Å². The van der Waals surface area contributed by atoms with Crippen LogP contribution in [0.15, 0.2) is 30.3 Å². The highest BCUT2D eigenvalue weighted by Gasteiger charge is 2.32. The summed E-state index contributed by atoms with van der Waals surface area (Å²) in [6.45, 7) is 1.95. The molecule has 7 nitrogen and oxygen atoms in total. The molecule has 1 amide bonds.